The zero-order chi connectivity index (χ0) is 17.0. The van der Waals surface area contributed by atoms with E-state index in [2.05, 4.69) is 26.1 Å². The maximum absolute atomic E-state index is 12.6. The first-order valence-electron chi connectivity index (χ1n) is 7.91. The fraction of sp³-hybridized carbons (Fsp3) is 0.588. The van der Waals surface area contributed by atoms with Crippen LogP contribution in [-0.4, -0.2) is 16.9 Å². The van der Waals surface area contributed by atoms with E-state index in [0.29, 0.717) is 11.5 Å². The summed E-state index contributed by atoms with van der Waals surface area (Å²) in [6.07, 6.45) is 3.32. The van der Waals surface area contributed by atoms with Crippen molar-refractivity contribution in [2.75, 3.05) is 0 Å². The third-order valence-corrected chi connectivity index (χ3v) is 6.82. The Balaban J connectivity index is 1.80. The number of halogens is 1. The Morgan fingerprint density at radius 2 is 2.09 bits per heavy atom. The third-order valence-electron chi connectivity index (χ3n) is 6.51. The second-order valence-electron chi connectivity index (χ2n) is 7.56. The van der Waals surface area contributed by atoms with Crippen LogP contribution >= 0.6 is 11.6 Å². The molecular formula is C17H21ClN2O3. The monoisotopic (exact) mass is 336 g/mol. The SMILES string of the molecule is CC1(C)C2CCC1(C)C(NC(=O)c1ccc([N+](=O)[O-])cc1Cl)C2. The minimum absolute atomic E-state index is 0.0839. The number of hydrogen-bond donors (Lipinski definition) is 1. The number of hydrogen-bond acceptors (Lipinski definition) is 3. The molecule has 3 atom stereocenters. The lowest BCUT2D eigenvalue weighted by Gasteiger charge is -2.39. The molecule has 0 heterocycles. The van der Waals surface area contributed by atoms with Crippen LogP contribution in [0.2, 0.25) is 5.02 Å². The lowest BCUT2D eigenvalue weighted by molar-refractivity contribution is -0.384. The molecule has 0 aromatic heterocycles. The third kappa shape index (κ3) is 2.33. The number of amides is 1. The number of nitro groups is 1. The topological polar surface area (TPSA) is 72.2 Å². The standard InChI is InChI=1S/C17H21ClN2O3/c1-16(2)10-6-7-17(16,3)14(8-10)19-15(21)12-5-4-11(20(22)23)9-13(12)18/h4-5,9-10,14H,6-8H2,1-3H3,(H,19,21). The van der Waals surface area contributed by atoms with Gasteiger partial charge >= 0.3 is 0 Å². The molecule has 124 valence electrons. The number of nitro benzene ring substituents is 1. The summed E-state index contributed by atoms with van der Waals surface area (Å²) < 4.78 is 0. The molecule has 3 rings (SSSR count). The molecule has 0 aliphatic heterocycles. The van der Waals surface area contributed by atoms with Crippen LogP contribution in [-0.2, 0) is 0 Å². The average Bonchev–Trinajstić information content (AvgIpc) is 2.80. The second kappa shape index (κ2) is 5.20. The summed E-state index contributed by atoms with van der Waals surface area (Å²) in [7, 11) is 0. The predicted octanol–water partition coefficient (Wildman–Crippen LogP) is 4.19. The van der Waals surface area contributed by atoms with Gasteiger partial charge in [0.15, 0.2) is 0 Å². The minimum Gasteiger partial charge on any atom is -0.349 e. The Hall–Kier alpha value is -1.62. The quantitative estimate of drug-likeness (QED) is 0.664. The van der Waals surface area contributed by atoms with Crippen LogP contribution in [0, 0.1) is 26.9 Å². The highest BCUT2D eigenvalue weighted by molar-refractivity contribution is 6.34. The zero-order valence-electron chi connectivity index (χ0n) is 13.6. The summed E-state index contributed by atoms with van der Waals surface area (Å²) in [5, 5.41) is 14.0. The highest BCUT2D eigenvalue weighted by Gasteiger charge is 2.61. The lowest BCUT2D eigenvalue weighted by atomic mass is 9.69. The van der Waals surface area contributed by atoms with Crippen LogP contribution in [0.4, 0.5) is 5.69 Å². The van der Waals surface area contributed by atoms with Gasteiger partial charge in [0.25, 0.3) is 11.6 Å². The maximum Gasteiger partial charge on any atom is 0.270 e. The van der Waals surface area contributed by atoms with Crippen LogP contribution < -0.4 is 5.32 Å². The van der Waals surface area contributed by atoms with Gasteiger partial charge in [0.1, 0.15) is 0 Å². The molecule has 2 bridgehead atoms. The first kappa shape index (κ1) is 16.2. The normalized spacial score (nSPS) is 31.1. The Morgan fingerprint density at radius 1 is 1.39 bits per heavy atom. The van der Waals surface area contributed by atoms with Crippen LogP contribution in [0.1, 0.15) is 50.4 Å². The molecule has 23 heavy (non-hydrogen) atoms. The van der Waals surface area contributed by atoms with E-state index in [-0.39, 0.29) is 33.5 Å². The summed E-state index contributed by atoms with van der Waals surface area (Å²) in [5.41, 5.74) is 0.478. The molecule has 2 aliphatic rings. The van der Waals surface area contributed by atoms with Crippen molar-refractivity contribution in [3.05, 3.63) is 38.9 Å². The smallest absolute Gasteiger partial charge is 0.270 e. The largest absolute Gasteiger partial charge is 0.349 e. The lowest BCUT2D eigenvalue weighted by Crippen LogP contribution is -2.46. The molecule has 5 nitrogen and oxygen atoms in total. The molecule has 3 unspecified atom stereocenters. The molecule has 2 fully saturated rings. The number of nitrogens with zero attached hydrogens (tertiary/aromatic N) is 1. The first-order valence-corrected chi connectivity index (χ1v) is 8.29. The molecule has 0 radical (unpaired) electrons. The first-order chi connectivity index (χ1) is 10.7. The van der Waals surface area contributed by atoms with Crippen LogP contribution in [0.15, 0.2) is 18.2 Å². The molecule has 1 amide bonds. The Morgan fingerprint density at radius 3 is 2.57 bits per heavy atom. The molecular weight excluding hydrogens is 316 g/mol. The summed E-state index contributed by atoms with van der Waals surface area (Å²) in [4.78, 5) is 22.8. The van der Waals surface area contributed by atoms with Crippen LogP contribution in [0.3, 0.4) is 0 Å². The van der Waals surface area contributed by atoms with Gasteiger partial charge in [0.2, 0.25) is 0 Å². The Bertz CT molecular complexity index is 688. The predicted molar refractivity (Wildman–Crippen MR) is 88.6 cm³/mol. The molecule has 2 saturated carbocycles. The van der Waals surface area contributed by atoms with Gasteiger partial charge in [-0.25, -0.2) is 0 Å². The highest BCUT2D eigenvalue weighted by atomic mass is 35.5. The molecule has 1 N–H and O–H groups in total. The Kier molecular flexibility index (Phi) is 3.67. The van der Waals surface area contributed by atoms with Crippen molar-refractivity contribution < 1.29 is 9.72 Å². The van der Waals surface area contributed by atoms with E-state index in [1.807, 2.05) is 0 Å². The number of carbonyl (C=O) groups excluding carboxylic acids is 1. The second-order valence-corrected chi connectivity index (χ2v) is 7.96. The van der Waals surface area contributed by atoms with Crippen molar-refractivity contribution in [2.45, 2.75) is 46.1 Å². The molecule has 6 heteroatoms. The average molecular weight is 337 g/mol. The number of rotatable bonds is 3. The van der Waals surface area contributed by atoms with E-state index in [9.17, 15) is 14.9 Å². The van der Waals surface area contributed by atoms with Gasteiger partial charge in [0, 0.05) is 18.2 Å². The Labute approximate surface area is 140 Å². The van der Waals surface area contributed by atoms with Crippen molar-refractivity contribution >= 4 is 23.2 Å². The van der Waals surface area contributed by atoms with E-state index in [0.717, 1.165) is 12.8 Å². The van der Waals surface area contributed by atoms with Crippen LogP contribution in [0.5, 0.6) is 0 Å². The van der Waals surface area contributed by atoms with Gasteiger partial charge in [-0.2, -0.15) is 0 Å². The number of fused-ring (bicyclic) bond motifs is 2. The maximum atomic E-state index is 12.6. The van der Waals surface area contributed by atoms with Gasteiger partial charge in [-0.3, -0.25) is 14.9 Å². The molecule has 0 saturated heterocycles. The highest BCUT2D eigenvalue weighted by Crippen LogP contribution is 2.65. The molecule has 1 aromatic rings. The molecule has 1 aromatic carbocycles. The number of nitrogens with one attached hydrogen (secondary N) is 1. The van der Waals surface area contributed by atoms with Crippen LogP contribution in [0.25, 0.3) is 0 Å². The van der Waals surface area contributed by atoms with Gasteiger partial charge in [-0.1, -0.05) is 32.4 Å². The van der Waals surface area contributed by atoms with E-state index < -0.39 is 4.92 Å². The van der Waals surface area contributed by atoms with Crippen molar-refractivity contribution in [3.8, 4) is 0 Å². The number of non-ortho nitro benzene ring substituents is 1. The van der Waals surface area contributed by atoms with Crippen molar-refractivity contribution in [3.63, 3.8) is 0 Å². The summed E-state index contributed by atoms with van der Waals surface area (Å²) in [5.74, 6) is 0.379. The molecule has 2 aliphatic carbocycles. The number of carbonyl (C=O) groups is 1. The van der Waals surface area contributed by atoms with Gasteiger partial charge < -0.3 is 5.32 Å². The minimum atomic E-state index is -0.521. The van der Waals surface area contributed by atoms with E-state index in [1.54, 1.807) is 0 Å². The summed E-state index contributed by atoms with van der Waals surface area (Å²) in [6, 6.07) is 4.09. The molecule has 0 spiro atoms. The van der Waals surface area contributed by atoms with E-state index in [1.165, 1.54) is 24.6 Å². The fourth-order valence-corrected chi connectivity index (χ4v) is 4.72. The van der Waals surface area contributed by atoms with E-state index >= 15 is 0 Å². The van der Waals surface area contributed by atoms with E-state index in [4.69, 9.17) is 11.6 Å². The van der Waals surface area contributed by atoms with Gasteiger partial charge in [-0.05, 0) is 42.1 Å². The zero-order valence-corrected chi connectivity index (χ0v) is 14.3. The number of benzene rings is 1. The van der Waals surface area contributed by atoms with Crippen molar-refractivity contribution in [1.29, 1.82) is 0 Å². The summed E-state index contributed by atoms with van der Waals surface area (Å²) >= 11 is 6.06. The fourth-order valence-electron chi connectivity index (χ4n) is 4.46. The van der Waals surface area contributed by atoms with Gasteiger partial charge in [-0.15, -0.1) is 0 Å². The van der Waals surface area contributed by atoms with Crippen molar-refractivity contribution in [2.24, 2.45) is 16.7 Å². The summed E-state index contributed by atoms with van der Waals surface area (Å²) in [6.45, 7) is 6.83. The van der Waals surface area contributed by atoms with Gasteiger partial charge in [0.05, 0.1) is 15.5 Å². The van der Waals surface area contributed by atoms with Crippen molar-refractivity contribution in [1.82, 2.24) is 5.32 Å².